The molecule has 0 atom stereocenters. The van der Waals surface area contributed by atoms with Crippen LogP contribution in [0.5, 0.6) is 0 Å². The average molecular weight is 399 g/mol. The minimum absolute atomic E-state index is 0.0835. The Kier molecular flexibility index (Phi) is 6.01. The van der Waals surface area contributed by atoms with E-state index in [4.69, 9.17) is 0 Å². The summed E-state index contributed by atoms with van der Waals surface area (Å²) < 4.78 is 0.994. The molecular formula is C20H23N4O3S+. The number of nitrogens with zero attached hydrogens (tertiary/aromatic N) is 3. The molecule has 0 saturated heterocycles. The van der Waals surface area contributed by atoms with E-state index < -0.39 is 10.8 Å². The van der Waals surface area contributed by atoms with E-state index in [1.807, 2.05) is 25.1 Å². The standard InChI is InChI=1S/C20H22N4O3S/c1-14-9-10-16-18(13-14)28-20(21-16)23(12-6-11-22(2)3)19(25)15-7-4-5-8-17(15)24(26)27/h4-5,7-10,13H,6,11-12H2,1-3H3/p+1. The van der Waals surface area contributed by atoms with Gasteiger partial charge in [-0.2, -0.15) is 0 Å². The molecule has 2 aromatic carbocycles. The van der Waals surface area contributed by atoms with Crippen LogP contribution >= 0.6 is 11.3 Å². The Morgan fingerprint density at radius 2 is 2.00 bits per heavy atom. The molecule has 0 unspecified atom stereocenters. The number of thiazole rings is 1. The highest BCUT2D eigenvalue weighted by atomic mass is 32.1. The summed E-state index contributed by atoms with van der Waals surface area (Å²) in [6.07, 6.45) is 0.768. The van der Waals surface area contributed by atoms with Gasteiger partial charge in [-0.05, 0) is 30.7 Å². The van der Waals surface area contributed by atoms with Crippen molar-refractivity contribution in [3.63, 3.8) is 0 Å². The van der Waals surface area contributed by atoms with E-state index in [0.29, 0.717) is 11.7 Å². The van der Waals surface area contributed by atoms with Gasteiger partial charge in [-0.3, -0.25) is 19.8 Å². The van der Waals surface area contributed by atoms with Crippen LogP contribution in [-0.4, -0.2) is 43.0 Å². The van der Waals surface area contributed by atoms with E-state index in [-0.39, 0.29) is 11.3 Å². The van der Waals surface area contributed by atoms with Crippen LogP contribution in [0.15, 0.2) is 42.5 Å². The van der Waals surface area contributed by atoms with E-state index in [2.05, 4.69) is 19.1 Å². The fourth-order valence-corrected chi connectivity index (χ4v) is 4.06. The summed E-state index contributed by atoms with van der Waals surface area (Å²) in [5.41, 5.74) is 1.84. The number of amides is 1. The van der Waals surface area contributed by atoms with Gasteiger partial charge in [0.15, 0.2) is 5.13 Å². The Morgan fingerprint density at radius 1 is 1.25 bits per heavy atom. The van der Waals surface area contributed by atoms with Gasteiger partial charge < -0.3 is 4.90 Å². The average Bonchev–Trinajstić information content (AvgIpc) is 3.07. The lowest BCUT2D eigenvalue weighted by atomic mass is 10.1. The largest absolute Gasteiger partial charge is 0.340 e. The summed E-state index contributed by atoms with van der Waals surface area (Å²) in [6.45, 7) is 3.34. The van der Waals surface area contributed by atoms with Crippen molar-refractivity contribution < 1.29 is 14.6 Å². The van der Waals surface area contributed by atoms with Crippen molar-refractivity contribution in [2.45, 2.75) is 13.3 Å². The summed E-state index contributed by atoms with van der Waals surface area (Å²) in [5.74, 6) is -0.392. The van der Waals surface area contributed by atoms with Gasteiger partial charge in [0.05, 0.1) is 35.8 Å². The molecule has 0 radical (unpaired) electrons. The number of aromatic nitrogens is 1. The lowest BCUT2D eigenvalue weighted by molar-refractivity contribution is -0.858. The van der Waals surface area contributed by atoms with Crippen molar-refractivity contribution in [3.05, 3.63) is 63.7 Å². The molecule has 3 aromatic rings. The third-order valence-corrected chi connectivity index (χ3v) is 5.44. The molecule has 3 rings (SSSR count). The molecule has 0 spiro atoms. The fourth-order valence-electron chi connectivity index (χ4n) is 2.97. The summed E-state index contributed by atoms with van der Waals surface area (Å²) in [4.78, 5) is 31.6. The minimum Gasteiger partial charge on any atom is -0.340 e. The fraction of sp³-hybridized carbons (Fsp3) is 0.300. The Hall–Kier alpha value is -2.84. The van der Waals surface area contributed by atoms with Gasteiger partial charge in [0.1, 0.15) is 5.56 Å². The maximum absolute atomic E-state index is 13.3. The molecule has 0 aliphatic carbocycles. The number of nitro groups is 1. The number of anilines is 1. The Labute approximate surface area is 167 Å². The summed E-state index contributed by atoms with van der Waals surface area (Å²) in [6, 6.07) is 12.0. The number of fused-ring (bicyclic) bond motifs is 1. The number of quaternary nitrogens is 1. The van der Waals surface area contributed by atoms with E-state index >= 15 is 0 Å². The molecule has 0 aliphatic rings. The highest BCUT2D eigenvalue weighted by molar-refractivity contribution is 7.22. The predicted octanol–water partition coefficient (Wildman–Crippen LogP) is 2.69. The number of nitrogens with one attached hydrogen (secondary N) is 1. The van der Waals surface area contributed by atoms with Crippen molar-refractivity contribution in [1.82, 2.24) is 4.98 Å². The summed E-state index contributed by atoms with van der Waals surface area (Å²) in [7, 11) is 4.10. The first kappa shape index (κ1) is 19.9. The van der Waals surface area contributed by atoms with Gasteiger partial charge in [-0.1, -0.05) is 29.5 Å². The maximum Gasteiger partial charge on any atom is 0.282 e. The molecule has 1 aromatic heterocycles. The molecule has 0 aliphatic heterocycles. The number of carbonyl (C=O) groups is 1. The normalized spacial score (nSPS) is 11.1. The molecule has 0 saturated carbocycles. The molecule has 1 N–H and O–H groups in total. The minimum atomic E-state index is -0.517. The number of nitro benzene ring substituents is 1. The van der Waals surface area contributed by atoms with Crippen LogP contribution in [0.2, 0.25) is 0 Å². The van der Waals surface area contributed by atoms with Crippen molar-refractivity contribution >= 4 is 38.3 Å². The first-order valence-corrected chi connectivity index (χ1v) is 9.90. The number of para-hydroxylation sites is 1. The number of aryl methyl sites for hydroxylation is 1. The summed E-state index contributed by atoms with van der Waals surface area (Å²) in [5, 5.41) is 12.0. The Balaban J connectivity index is 2.00. The van der Waals surface area contributed by atoms with Crippen LogP contribution in [0.1, 0.15) is 22.3 Å². The molecule has 8 heteroatoms. The van der Waals surface area contributed by atoms with Gasteiger partial charge in [-0.15, -0.1) is 0 Å². The zero-order valence-corrected chi connectivity index (χ0v) is 17.0. The third kappa shape index (κ3) is 4.35. The molecular weight excluding hydrogens is 376 g/mol. The number of rotatable bonds is 7. The molecule has 28 heavy (non-hydrogen) atoms. The second kappa shape index (κ2) is 8.45. The van der Waals surface area contributed by atoms with Crippen LogP contribution in [0, 0.1) is 17.0 Å². The molecule has 146 valence electrons. The van der Waals surface area contributed by atoms with Gasteiger partial charge >= 0.3 is 0 Å². The number of hydrogen-bond acceptors (Lipinski definition) is 5. The molecule has 0 fully saturated rings. The molecule has 0 bridgehead atoms. The SMILES string of the molecule is Cc1ccc2nc(N(CCC[NH+](C)C)C(=O)c3ccccc3[N+](=O)[O-])sc2c1. The number of hydrogen-bond donors (Lipinski definition) is 1. The van der Waals surface area contributed by atoms with Crippen molar-refractivity contribution in [2.75, 3.05) is 32.1 Å². The third-order valence-electron chi connectivity index (χ3n) is 4.40. The van der Waals surface area contributed by atoms with Crippen LogP contribution in [0.4, 0.5) is 10.8 Å². The predicted molar refractivity (Wildman–Crippen MR) is 111 cm³/mol. The van der Waals surface area contributed by atoms with Gasteiger partial charge in [0, 0.05) is 19.0 Å². The van der Waals surface area contributed by atoms with Crippen molar-refractivity contribution in [2.24, 2.45) is 0 Å². The lowest BCUT2D eigenvalue weighted by Crippen LogP contribution is -3.05. The highest BCUT2D eigenvalue weighted by Gasteiger charge is 2.27. The van der Waals surface area contributed by atoms with Crippen LogP contribution < -0.4 is 9.80 Å². The zero-order valence-electron chi connectivity index (χ0n) is 16.1. The first-order valence-electron chi connectivity index (χ1n) is 9.08. The second-order valence-electron chi connectivity index (χ2n) is 7.01. The number of carbonyl (C=O) groups excluding carboxylic acids is 1. The second-order valence-corrected chi connectivity index (χ2v) is 8.02. The van der Waals surface area contributed by atoms with Crippen LogP contribution in [0.3, 0.4) is 0 Å². The maximum atomic E-state index is 13.3. The first-order chi connectivity index (χ1) is 13.4. The van der Waals surface area contributed by atoms with Crippen molar-refractivity contribution in [3.8, 4) is 0 Å². The van der Waals surface area contributed by atoms with Crippen LogP contribution in [0.25, 0.3) is 10.2 Å². The molecule has 1 amide bonds. The topological polar surface area (TPSA) is 80.8 Å². The van der Waals surface area contributed by atoms with Crippen molar-refractivity contribution in [1.29, 1.82) is 0 Å². The highest BCUT2D eigenvalue weighted by Crippen LogP contribution is 2.31. The Morgan fingerprint density at radius 3 is 2.71 bits per heavy atom. The van der Waals surface area contributed by atoms with E-state index in [0.717, 1.165) is 28.7 Å². The molecule has 7 nitrogen and oxygen atoms in total. The zero-order chi connectivity index (χ0) is 20.3. The monoisotopic (exact) mass is 399 g/mol. The Bertz CT molecular complexity index is 1020. The number of benzene rings is 2. The van der Waals surface area contributed by atoms with Gasteiger partial charge in [0.2, 0.25) is 0 Å². The molecule has 1 heterocycles. The van der Waals surface area contributed by atoms with E-state index in [1.54, 1.807) is 17.0 Å². The van der Waals surface area contributed by atoms with Gasteiger partial charge in [0.25, 0.3) is 11.6 Å². The lowest BCUT2D eigenvalue weighted by Gasteiger charge is -2.20. The van der Waals surface area contributed by atoms with Crippen LogP contribution in [-0.2, 0) is 0 Å². The van der Waals surface area contributed by atoms with E-state index in [1.165, 1.54) is 28.4 Å². The summed E-state index contributed by atoms with van der Waals surface area (Å²) >= 11 is 1.43. The van der Waals surface area contributed by atoms with E-state index in [9.17, 15) is 14.9 Å². The smallest absolute Gasteiger partial charge is 0.282 e. The quantitative estimate of drug-likeness (QED) is 0.489. The van der Waals surface area contributed by atoms with Gasteiger partial charge in [-0.25, -0.2) is 4.98 Å².